The number of nitrogens with zero attached hydrogens (tertiary/aromatic N) is 1. The van der Waals surface area contributed by atoms with Crippen LogP contribution in [0.5, 0.6) is 5.75 Å². The summed E-state index contributed by atoms with van der Waals surface area (Å²) in [5, 5.41) is 6.76. The Morgan fingerprint density at radius 3 is 2.43 bits per heavy atom. The van der Waals surface area contributed by atoms with Gasteiger partial charge in [-0.3, -0.25) is 0 Å². The molecule has 5 heteroatoms. The van der Waals surface area contributed by atoms with Crippen molar-refractivity contribution in [1.82, 2.24) is 10.3 Å². The monoisotopic (exact) mass is 334 g/mol. The molecule has 1 N–H and O–H groups in total. The lowest BCUT2D eigenvalue weighted by atomic mass is 9.98. The number of benzene rings is 1. The summed E-state index contributed by atoms with van der Waals surface area (Å²) < 4.78 is 10.5. The largest absolute Gasteiger partial charge is 0.491 e. The van der Waals surface area contributed by atoms with Crippen LogP contribution in [-0.4, -0.2) is 25.3 Å². The Bertz CT molecular complexity index is 588. The SMILES string of the molecule is COCCOc1ccc(CNCc2csc(C(C)(C)C)n2)cc1. The minimum Gasteiger partial charge on any atom is -0.491 e. The van der Waals surface area contributed by atoms with Crippen LogP contribution < -0.4 is 10.1 Å². The predicted octanol–water partition coefficient (Wildman–Crippen LogP) is 3.76. The molecule has 1 aromatic carbocycles. The molecule has 2 rings (SSSR count). The number of thiazole rings is 1. The third-order valence-electron chi connectivity index (χ3n) is 3.31. The summed E-state index contributed by atoms with van der Waals surface area (Å²) in [6.45, 7) is 9.37. The average molecular weight is 334 g/mol. The molecule has 0 aliphatic carbocycles. The molecule has 2 aromatic rings. The molecule has 0 unspecified atom stereocenters. The fourth-order valence-electron chi connectivity index (χ4n) is 2.01. The number of hydrogen-bond acceptors (Lipinski definition) is 5. The van der Waals surface area contributed by atoms with E-state index >= 15 is 0 Å². The molecule has 0 bridgehead atoms. The van der Waals surface area contributed by atoms with Gasteiger partial charge in [0.2, 0.25) is 0 Å². The topological polar surface area (TPSA) is 43.4 Å². The lowest BCUT2D eigenvalue weighted by Gasteiger charge is -2.13. The van der Waals surface area contributed by atoms with E-state index in [-0.39, 0.29) is 5.41 Å². The molecule has 0 radical (unpaired) electrons. The lowest BCUT2D eigenvalue weighted by Crippen LogP contribution is -2.14. The van der Waals surface area contributed by atoms with E-state index in [9.17, 15) is 0 Å². The lowest BCUT2D eigenvalue weighted by molar-refractivity contribution is 0.146. The first-order chi connectivity index (χ1) is 11.0. The Kier molecular flexibility index (Phi) is 6.57. The van der Waals surface area contributed by atoms with Gasteiger partial charge >= 0.3 is 0 Å². The van der Waals surface area contributed by atoms with Crippen molar-refractivity contribution in [3.63, 3.8) is 0 Å². The van der Waals surface area contributed by atoms with Crippen molar-refractivity contribution in [2.24, 2.45) is 0 Å². The van der Waals surface area contributed by atoms with E-state index in [4.69, 9.17) is 14.5 Å². The fraction of sp³-hybridized carbons (Fsp3) is 0.500. The Labute approximate surface area is 142 Å². The van der Waals surface area contributed by atoms with Crippen LogP contribution >= 0.6 is 11.3 Å². The summed E-state index contributed by atoms with van der Waals surface area (Å²) in [7, 11) is 1.67. The first kappa shape index (κ1) is 17.9. The second-order valence-electron chi connectivity index (χ2n) is 6.48. The quantitative estimate of drug-likeness (QED) is 0.747. The Morgan fingerprint density at radius 1 is 1.09 bits per heavy atom. The van der Waals surface area contributed by atoms with Crippen molar-refractivity contribution in [3.8, 4) is 5.75 Å². The molecular formula is C18H26N2O2S. The van der Waals surface area contributed by atoms with Crippen LogP contribution in [0, 0.1) is 0 Å². The first-order valence-corrected chi connectivity index (χ1v) is 8.73. The minimum absolute atomic E-state index is 0.127. The van der Waals surface area contributed by atoms with E-state index in [1.165, 1.54) is 10.6 Å². The number of methoxy groups -OCH3 is 1. The van der Waals surface area contributed by atoms with Gasteiger partial charge in [-0.25, -0.2) is 4.98 Å². The van der Waals surface area contributed by atoms with Crippen LogP contribution in [0.25, 0.3) is 0 Å². The molecule has 126 valence electrons. The Morgan fingerprint density at radius 2 is 1.83 bits per heavy atom. The van der Waals surface area contributed by atoms with Crippen molar-refractivity contribution < 1.29 is 9.47 Å². The van der Waals surface area contributed by atoms with Crippen LogP contribution in [0.3, 0.4) is 0 Å². The number of aromatic nitrogens is 1. The van der Waals surface area contributed by atoms with Crippen LogP contribution in [0.2, 0.25) is 0 Å². The standard InChI is InChI=1S/C18H26N2O2S/c1-18(2,3)17-20-15(13-23-17)12-19-11-14-5-7-16(8-6-14)22-10-9-21-4/h5-8,13,19H,9-12H2,1-4H3. The second kappa shape index (κ2) is 8.43. The zero-order chi connectivity index (χ0) is 16.7. The Balaban J connectivity index is 1.76. The average Bonchev–Trinajstić information content (AvgIpc) is 2.98. The summed E-state index contributed by atoms with van der Waals surface area (Å²) in [6.07, 6.45) is 0. The van der Waals surface area contributed by atoms with Gasteiger partial charge in [-0.15, -0.1) is 11.3 Å². The molecule has 23 heavy (non-hydrogen) atoms. The second-order valence-corrected chi connectivity index (χ2v) is 7.34. The molecule has 1 heterocycles. The van der Waals surface area contributed by atoms with Gasteiger partial charge in [0.1, 0.15) is 12.4 Å². The van der Waals surface area contributed by atoms with Crippen LogP contribution in [0.4, 0.5) is 0 Å². The molecular weight excluding hydrogens is 308 g/mol. The van der Waals surface area contributed by atoms with Crippen molar-refractivity contribution in [2.75, 3.05) is 20.3 Å². The predicted molar refractivity (Wildman–Crippen MR) is 95.2 cm³/mol. The van der Waals surface area contributed by atoms with Gasteiger partial charge in [-0.1, -0.05) is 32.9 Å². The van der Waals surface area contributed by atoms with Crippen molar-refractivity contribution in [3.05, 3.63) is 45.9 Å². The van der Waals surface area contributed by atoms with E-state index in [0.29, 0.717) is 13.2 Å². The summed E-state index contributed by atoms with van der Waals surface area (Å²) in [6, 6.07) is 8.15. The maximum absolute atomic E-state index is 5.56. The fourth-order valence-corrected chi connectivity index (χ4v) is 2.92. The minimum atomic E-state index is 0.127. The van der Waals surface area contributed by atoms with Crippen molar-refractivity contribution in [1.29, 1.82) is 0 Å². The van der Waals surface area contributed by atoms with E-state index < -0.39 is 0 Å². The molecule has 0 saturated carbocycles. The highest BCUT2D eigenvalue weighted by atomic mass is 32.1. The smallest absolute Gasteiger partial charge is 0.119 e. The highest BCUT2D eigenvalue weighted by Gasteiger charge is 2.17. The molecule has 0 aliphatic heterocycles. The van der Waals surface area contributed by atoms with Gasteiger partial charge < -0.3 is 14.8 Å². The summed E-state index contributed by atoms with van der Waals surface area (Å²) in [5.41, 5.74) is 2.47. The number of rotatable bonds is 8. The van der Waals surface area contributed by atoms with Crippen LogP contribution in [0.1, 0.15) is 37.0 Å². The summed E-state index contributed by atoms with van der Waals surface area (Å²) in [5.74, 6) is 0.875. The molecule has 0 spiro atoms. The highest BCUT2D eigenvalue weighted by molar-refractivity contribution is 7.09. The maximum Gasteiger partial charge on any atom is 0.119 e. The molecule has 0 saturated heterocycles. The van der Waals surface area contributed by atoms with Gasteiger partial charge in [0, 0.05) is 31.0 Å². The van der Waals surface area contributed by atoms with Gasteiger partial charge in [0.05, 0.1) is 17.3 Å². The molecule has 0 amide bonds. The van der Waals surface area contributed by atoms with Crippen LogP contribution in [0.15, 0.2) is 29.6 Å². The van der Waals surface area contributed by atoms with Crippen molar-refractivity contribution >= 4 is 11.3 Å². The van der Waals surface area contributed by atoms with E-state index in [0.717, 1.165) is 24.5 Å². The normalized spacial score (nSPS) is 11.7. The molecule has 4 nitrogen and oxygen atoms in total. The number of nitrogens with one attached hydrogen (secondary N) is 1. The highest BCUT2D eigenvalue weighted by Crippen LogP contribution is 2.25. The first-order valence-electron chi connectivity index (χ1n) is 7.85. The van der Waals surface area contributed by atoms with Gasteiger partial charge in [-0.05, 0) is 17.7 Å². The maximum atomic E-state index is 5.56. The summed E-state index contributed by atoms with van der Waals surface area (Å²) >= 11 is 1.74. The van der Waals surface area contributed by atoms with Gasteiger partial charge in [-0.2, -0.15) is 0 Å². The molecule has 1 aromatic heterocycles. The van der Waals surface area contributed by atoms with E-state index in [1.807, 2.05) is 12.1 Å². The van der Waals surface area contributed by atoms with Crippen molar-refractivity contribution in [2.45, 2.75) is 39.3 Å². The van der Waals surface area contributed by atoms with E-state index in [2.05, 4.69) is 43.6 Å². The molecule has 0 atom stereocenters. The molecule has 0 fully saturated rings. The number of hydrogen-bond donors (Lipinski definition) is 1. The van der Waals surface area contributed by atoms with Crippen LogP contribution in [-0.2, 0) is 23.2 Å². The Hall–Kier alpha value is -1.43. The van der Waals surface area contributed by atoms with E-state index in [1.54, 1.807) is 18.4 Å². The zero-order valence-corrected chi connectivity index (χ0v) is 15.2. The third-order valence-corrected chi connectivity index (χ3v) is 4.62. The third kappa shape index (κ3) is 5.94. The summed E-state index contributed by atoms with van der Waals surface area (Å²) in [4.78, 5) is 4.69. The number of ether oxygens (including phenoxy) is 2. The zero-order valence-electron chi connectivity index (χ0n) is 14.4. The van der Waals surface area contributed by atoms with Gasteiger partial charge in [0.25, 0.3) is 0 Å². The molecule has 0 aliphatic rings. The van der Waals surface area contributed by atoms with Gasteiger partial charge in [0.15, 0.2) is 0 Å².